The highest BCUT2D eigenvalue weighted by atomic mass is 32.2. The number of thioether (sulfide) groups is 1. The molecule has 20 heavy (non-hydrogen) atoms. The van der Waals surface area contributed by atoms with Gasteiger partial charge in [0.2, 0.25) is 0 Å². The molecule has 0 bridgehead atoms. The summed E-state index contributed by atoms with van der Waals surface area (Å²) in [6.07, 6.45) is 7.75. The Morgan fingerprint density at radius 1 is 1.35 bits per heavy atom. The Morgan fingerprint density at radius 3 is 3.15 bits per heavy atom. The number of nitrogens with zero attached hydrogens (tertiary/aromatic N) is 4. The molecule has 0 amide bonds. The molecule has 0 fully saturated rings. The van der Waals surface area contributed by atoms with Crippen molar-refractivity contribution in [2.45, 2.75) is 44.2 Å². The summed E-state index contributed by atoms with van der Waals surface area (Å²) in [6.45, 7) is 2.19. The normalized spacial score (nSPS) is 15.1. The number of thiophene rings is 1. The van der Waals surface area contributed by atoms with Crippen molar-refractivity contribution in [1.29, 1.82) is 0 Å². The zero-order valence-corrected chi connectivity index (χ0v) is 13.1. The fourth-order valence-corrected chi connectivity index (χ4v) is 4.95. The summed E-state index contributed by atoms with van der Waals surface area (Å²) in [5, 5.41) is 6.61. The first kappa shape index (κ1) is 12.6. The Kier molecular flexibility index (Phi) is 3.15. The molecule has 0 saturated heterocycles. The van der Waals surface area contributed by atoms with E-state index in [4.69, 9.17) is 4.98 Å². The van der Waals surface area contributed by atoms with Gasteiger partial charge >= 0.3 is 0 Å². The van der Waals surface area contributed by atoms with E-state index in [1.54, 1.807) is 18.1 Å². The number of hydrogen-bond acceptors (Lipinski definition) is 5. The molecule has 3 aromatic heterocycles. The third-order valence-electron chi connectivity index (χ3n) is 3.74. The molecule has 3 heterocycles. The third kappa shape index (κ3) is 1.85. The van der Waals surface area contributed by atoms with Crippen LogP contribution in [-0.4, -0.2) is 25.3 Å². The summed E-state index contributed by atoms with van der Waals surface area (Å²) in [5.41, 5.74) is 2.47. The zero-order valence-electron chi connectivity index (χ0n) is 11.4. The number of rotatable bonds is 3. The van der Waals surface area contributed by atoms with Crippen LogP contribution in [0.4, 0.5) is 0 Å². The van der Waals surface area contributed by atoms with Crippen molar-refractivity contribution in [2.24, 2.45) is 0 Å². The van der Waals surface area contributed by atoms with Crippen molar-refractivity contribution in [1.82, 2.24) is 19.6 Å². The topological polar surface area (TPSA) is 43.1 Å². The molecule has 0 saturated carbocycles. The molecule has 3 aromatic rings. The third-order valence-corrected chi connectivity index (χ3v) is 6.06. The van der Waals surface area contributed by atoms with Crippen LogP contribution in [-0.2, 0) is 12.8 Å². The number of fused-ring (bicyclic) bond motifs is 5. The van der Waals surface area contributed by atoms with Crippen LogP contribution >= 0.6 is 23.1 Å². The average Bonchev–Trinajstić information content (AvgIpc) is 3.07. The molecule has 0 spiro atoms. The average molecular weight is 304 g/mol. The maximum absolute atomic E-state index is 4.86. The van der Waals surface area contributed by atoms with E-state index in [2.05, 4.69) is 17.0 Å². The second kappa shape index (κ2) is 5.00. The minimum atomic E-state index is 0.977. The van der Waals surface area contributed by atoms with Crippen LogP contribution in [0.3, 0.4) is 0 Å². The minimum absolute atomic E-state index is 0.977. The van der Waals surface area contributed by atoms with Crippen LogP contribution in [0, 0.1) is 0 Å². The highest BCUT2D eigenvalue weighted by Crippen LogP contribution is 2.38. The SMILES string of the molecule is CCCSc1nc2sc3c(c2c2ncnn12)CCCC3. The van der Waals surface area contributed by atoms with Gasteiger partial charge in [-0.15, -0.1) is 11.3 Å². The van der Waals surface area contributed by atoms with Gasteiger partial charge in [-0.05, 0) is 37.7 Å². The summed E-state index contributed by atoms with van der Waals surface area (Å²) in [5.74, 6) is 1.07. The molecule has 0 atom stereocenters. The number of hydrogen-bond donors (Lipinski definition) is 0. The highest BCUT2D eigenvalue weighted by molar-refractivity contribution is 7.99. The van der Waals surface area contributed by atoms with Gasteiger partial charge in [-0.25, -0.2) is 9.97 Å². The molecular formula is C14H16N4S2. The number of aryl methyl sites for hydroxylation is 2. The Labute approximate surface area is 125 Å². The molecule has 104 valence electrons. The van der Waals surface area contributed by atoms with Gasteiger partial charge in [0.1, 0.15) is 11.2 Å². The predicted molar refractivity (Wildman–Crippen MR) is 83.8 cm³/mol. The molecule has 0 aliphatic heterocycles. The Hall–Kier alpha value is -1.14. The lowest BCUT2D eigenvalue weighted by atomic mass is 9.97. The molecule has 4 rings (SSSR count). The van der Waals surface area contributed by atoms with Crippen LogP contribution in [0.25, 0.3) is 15.9 Å². The van der Waals surface area contributed by atoms with Crippen molar-refractivity contribution < 1.29 is 0 Å². The van der Waals surface area contributed by atoms with Gasteiger partial charge in [0.05, 0.1) is 5.39 Å². The van der Waals surface area contributed by atoms with Crippen LogP contribution in [0.5, 0.6) is 0 Å². The lowest BCUT2D eigenvalue weighted by Gasteiger charge is -2.10. The Morgan fingerprint density at radius 2 is 2.25 bits per heavy atom. The van der Waals surface area contributed by atoms with Gasteiger partial charge < -0.3 is 0 Å². The Bertz CT molecular complexity index is 774. The summed E-state index contributed by atoms with van der Waals surface area (Å²) < 4.78 is 1.92. The Balaban J connectivity index is 1.99. The second-order valence-corrected chi connectivity index (χ2v) is 7.28. The summed E-state index contributed by atoms with van der Waals surface area (Å²) in [4.78, 5) is 12.0. The van der Waals surface area contributed by atoms with Crippen molar-refractivity contribution in [3.05, 3.63) is 16.8 Å². The van der Waals surface area contributed by atoms with Crippen LogP contribution in [0.15, 0.2) is 11.5 Å². The van der Waals surface area contributed by atoms with E-state index in [0.29, 0.717) is 0 Å². The summed E-state index contributed by atoms with van der Waals surface area (Å²) in [6, 6.07) is 0. The van der Waals surface area contributed by atoms with E-state index >= 15 is 0 Å². The molecule has 1 aliphatic rings. The number of aromatic nitrogens is 4. The first-order valence-electron chi connectivity index (χ1n) is 7.15. The maximum atomic E-state index is 4.86. The van der Waals surface area contributed by atoms with Crippen molar-refractivity contribution in [3.63, 3.8) is 0 Å². The maximum Gasteiger partial charge on any atom is 0.192 e. The van der Waals surface area contributed by atoms with E-state index < -0.39 is 0 Å². The second-order valence-electron chi connectivity index (χ2n) is 5.13. The van der Waals surface area contributed by atoms with Gasteiger partial charge in [-0.3, -0.25) is 0 Å². The van der Waals surface area contributed by atoms with Gasteiger partial charge in [0, 0.05) is 10.6 Å². The highest BCUT2D eigenvalue weighted by Gasteiger charge is 2.21. The molecule has 0 radical (unpaired) electrons. The largest absolute Gasteiger partial charge is 0.214 e. The summed E-state index contributed by atoms with van der Waals surface area (Å²) in [7, 11) is 0. The smallest absolute Gasteiger partial charge is 0.192 e. The standard InChI is InChI=1S/C14H16N4S2/c1-2-7-19-14-17-13-11(12-15-8-16-18(12)14)9-5-3-4-6-10(9)20-13/h8H,2-7H2,1H3. The van der Waals surface area contributed by atoms with Crippen molar-refractivity contribution in [2.75, 3.05) is 5.75 Å². The van der Waals surface area contributed by atoms with Crippen LogP contribution in [0.1, 0.15) is 36.6 Å². The minimum Gasteiger partial charge on any atom is -0.214 e. The molecule has 0 N–H and O–H groups in total. The van der Waals surface area contributed by atoms with Crippen molar-refractivity contribution in [3.8, 4) is 0 Å². The predicted octanol–water partition coefficient (Wildman–Crippen LogP) is 3.72. The monoisotopic (exact) mass is 304 g/mol. The molecule has 0 aromatic carbocycles. The summed E-state index contributed by atoms with van der Waals surface area (Å²) >= 11 is 3.63. The first-order valence-corrected chi connectivity index (χ1v) is 8.95. The lowest BCUT2D eigenvalue weighted by Crippen LogP contribution is -2.01. The quantitative estimate of drug-likeness (QED) is 0.546. The van der Waals surface area contributed by atoms with Gasteiger partial charge in [-0.1, -0.05) is 18.7 Å². The van der Waals surface area contributed by atoms with E-state index in [1.165, 1.54) is 41.5 Å². The first-order chi connectivity index (χ1) is 9.88. The molecule has 1 aliphatic carbocycles. The zero-order chi connectivity index (χ0) is 13.5. The van der Waals surface area contributed by atoms with Gasteiger partial charge in [0.25, 0.3) is 0 Å². The molecule has 6 heteroatoms. The van der Waals surface area contributed by atoms with E-state index in [9.17, 15) is 0 Å². The van der Waals surface area contributed by atoms with Crippen molar-refractivity contribution >= 4 is 39.0 Å². The van der Waals surface area contributed by atoms with E-state index in [1.807, 2.05) is 15.9 Å². The fourth-order valence-electron chi connectivity index (χ4n) is 2.83. The van der Waals surface area contributed by atoms with Gasteiger partial charge in [-0.2, -0.15) is 9.61 Å². The molecular weight excluding hydrogens is 288 g/mol. The fraction of sp³-hybridized carbons (Fsp3) is 0.500. The van der Waals surface area contributed by atoms with E-state index in [0.717, 1.165) is 27.8 Å². The molecule has 4 nitrogen and oxygen atoms in total. The van der Waals surface area contributed by atoms with Crippen LogP contribution in [0.2, 0.25) is 0 Å². The van der Waals surface area contributed by atoms with Crippen LogP contribution < -0.4 is 0 Å². The molecule has 0 unspecified atom stereocenters. The lowest BCUT2D eigenvalue weighted by molar-refractivity contribution is 0.700. The van der Waals surface area contributed by atoms with Gasteiger partial charge in [0.15, 0.2) is 10.8 Å². The van der Waals surface area contributed by atoms with E-state index in [-0.39, 0.29) is 0 Å².